The van der Waals surface area contributed by atoms with Crippen LogP contribution in [0, 0.1) is 12.7 Å². The highest BCUT2D eigenvalue weighted by molar-refractivity contribution is 5.23. The highest BCUT2D eigenvalue weighted by atomic mass is 19.4. The predicted octanol–water partition coefficient (Wildman–Crippen LogP) is 2.80. The van der Waals surface area contributed by atoms with Gasteiger partial charge in [-0.2, -0.15) is 13.2 Å². The molecule has 24 heavy (non-hydrogen) atoms. The van der Waals surface area contributed by atoms with E-state index < -0.39 is 24.0 Å². The van der Waals surface area contributed by atoms with Crippen LogP contribution < -0.4 is 5.32 Å². The van der Waals surface area contributed by atoms with Crippen LogP contribution in [-0.2, 0) is 19.2 Å². The first-order chi connectivity index (χ1) is 11.1. The van der Waals surface area contributed by atoms with Crippen molar-refractivity contribution in [3.05, 3.63) is 53.4 Å². The van der Waals surface area contributed by atoms with Gasteiger partial charge in [0.1, 0.15) is 11.6 Å². The van der Waals surface area contributed by atoms with Crippen molar-refractivity contribution < 1.29 is 22.7 Å². The van der Waals surface area contributed by atoms with Gasteiger partial charge in [0, 0.05) is 32.4 Å². The fraction of sp³-hybridized carbons (Fsp3) is 0.438. The van der Waals surface area contributed by atoms with Crippen LogP contribution in [0.2, 0.25) is 0 Å². The summed E-state index contributed by atoms with van der Waals surface area (Å²) in [7, 11) is 1.39. The standard InChI is InChI=1S/C16H19F4N3O/c1-11-3-4-12(9-13(11)17)10-21-6-5-15(24,16(18,19)20)14-22-7-8-23(14)2/h3-4,7-9,21,24H,5-6,10H2,1-2H3. The van der Waals surface area contributed by atoms with Gasteiger partial charge in [-0.3, -0.25) is 0 Å². The van der Waals surface area contributed by atoms with Gasteiger partial charge in [0.25, 0.3) is 0 Å². The Kier molecular flexibility index (Phi) is 5.29. The van der Waals surface area contributed by atoms with Crippen LogP contribution in [0.15, 0.2) is 30.6 Å². The molecular formula is C16H19F4N3O. The number of benzene rings is 1. The number of alkyl halides is 3. The fourth-order valence-corrected chi connectivity index (χ4v) is 2.39. The van der Waals surface area contributed by atoms with Gasteiger partial charge >= 0.3 is 6.18 Å². The Labute approximate surface area is 137 Å². The first kappa shape index (κ1) is 18.4. The van der Waals surface area contributed by atoms with E-state index in [4.69, 9.17) is 0 Å². The largest absolute Gasteiger partial charge is 0.424 e. The Morgan fingerprint density at radius 3 is 2.54 bits per heavy atom. The van der Waals surface area contributed by atoms with Gasteiger partial charge in [0.05, 0.1) is 0 Å². The van der Waals surface area contributed by atoms with Crippen molar-refractivity contribution in [2.45, 2.75) is 31.7 Å². The van der Waals surface area contributed by atoms with Gasteiger partial charge in [-0.1, -0.05) is 12.1 Å². The van der Waals surface area contributed by atoms with E-state index in [1.165, 1.54) is 25.5 Å². The smallest absolute Gasteiger partial charge is 0.374 e. The SMILES string of the molecule is Cc1ccc(CNCCC(O)(c2nccn2C)C(F)(F)F)cc1F. The summed E-state index contributed by atoms with van der Waals surface area (Å²) in [5.41, 5.74) is -1.93. The molecule has 132 valence electrons. The summed E-state index contributed by atoms with van der Waals surface area (Å²) in [6.45, 7) is 1.72. The van der Waals surface area contributed by atoms with Crippen LogP contribution in [0.25, 0.3) is 0 Å². The summed E-state index contributed by atoms with van der Waals surface area (Å²) in [5, 5.41) is 13.0. The Morgan fingerprint density at radius 2 is 2.00 bits per heavy atom. The number of hydrogen-bond donors (Lipinski definition) is 2. The summed E-state index contributed by atoms with van der Waals surface area (Å²) in [5.74, 6) is -0.827. The molecule has 2 N–H and O–H groups in total. The molecule has 1 heterocycles. The van der Waals surface area contributed by atoms with Crippen LogP contribution in [0.3, 0.4) is 0 Å². The third-order valence-corrected chi connectivity index (χ3v) is 3.89. The molecule has 0 saturated carbocycles. The van der Waals surface area contributed by atoms with Crippen molar-refractivity contribution >= 4 is 0 Å². The molecule has 0 aliphatic carbocycles. The minimum absolute atomic E-state index is 0.113. The summed E-state index contributed by atoms with van der Waals surface area (Å²) >= 11 is 0. The summed E-state index contributed by atoms with van der Waals surface area (Å²) < 4.78 is 54.5. The number of rotatable bonds is 6. The highest BCUT2D eigenvalue weighted by Gasteiger charge is 2.56. The maximum Gasteiger partial charge on any atom is 0.424 e. The van der Waals surface area contributed by atoms with E-state index >= 15 is 0 Å². The number of nitrogens with one attached hydrogen (secondary N) is 1. The van der Waals surface area contributed by atoms with Crippen molar-refractivity contribution in [3.8, 4) is 0 Å². The Hall–Kier alpha value is -1.93. The Morgan fingerprint density at radius 1 is 1.29 bits per heavy atom. The molecule has 8 heteroatoms. The molecule has 0 bridgehead atoms. The third kappa shape index (κ3) is 3.76. The maximum atomic E-state index is 13.4. The molecule has 0 saturated heterocycles. The summed E-state index contributed by atoms with van der Waals surface area (Å²) in [6.07, 6.45) is -2.91. The lowest BCUT2D eigenvalue weighted by Gasteiger charge is -2.30. The molecule has 4 nitrogen and oxygen atoms in total. The van der Waals surface area contributed by atoms with Crippen molar-refractivity contribution in [2.75, 3.05) is 6.54 Å². The summed E-state index contributed by atoms with van der Waals surface area (Å²) in [6, 6.07) is 4.63. The zero-order valence-electron chi connectivity index (χ0n) is 13.4. The second-order valence-corrected chi connectivity index (χ2v) is 5.73. The second-order valence-electron chi connectivity index (χ2n) is 5.73. The average molecular weight is 345 g/mol. The van der Waals surface area contributed by atoms with Crippen LogP contribution in [0.1, 0.15) is 23.4 Å². The average Bonchev–Trinajstić information content (AvgIpc) is 2.92. The number of nitrogens with zero attached hydrogens (tertiary/aromatic N) is 2. The molecule has 0 spiro atoms. The Balaban J connectivity index is 2.02. The first-order valence-electron chi connectivity index (χ1n) is 7.38. The normalized spacial score (nSPS) is 14.6. The van der Waals surface area contributed by atoms with Crippen LogP contribution in [0.4, 0.5) is 17.6 Å². The molecular weight excluding hydrogens is 326 g/mol. The van der Waals surface area contributed by atoms with Crippen LogP contribution in [-0.4, -0.2) is 27.4 Å². The number of imidazole rings is 1. The van der Waals surface area contributed by atoms with Crippen molar-refractivity contribution in [2.24, 2.45) is 7.05 Å². The molecule has 1 unspecified atom stereocenters. The molecule has 0 fully saturated rings. The van der Waals surface area contributed by atoms with E-state index in [9.17, 15) is 22.7 Å². The Bertz CT molecular complexity index is 699. The quantitative estimate of drug-likeness (QED) is 0.625. The van der Waals surface area contributed by atoms with Crippen molar-refractivity contribution in [3.63, 3.8) is 0 Å². The van der Waals surface area contributed by atoms with Gasteiger partial charge in [0.2, 0.25) is 5.60 Å². The number of hydrogen-bond acceptors (Lipinski definition) is 3. The maximum absolute atomic E-state index is 13.4. The topological polar surface area (TPSA) is 50.1 Å². The van der Waals surface area contributed by atoms with E-state index in [1.807, 2.05) is 0 Å². The molecule has 1 aromatic heterocycles. The second kappa shape index (κ2) is 6.90. The lowest BCUT2D eigenvalue weighted by molar-refractivity contribution is -0.272. The number of aliphatic hydroxyl groups is 1. The molecule has 1 aromatic carbocycles. The minimum atomic E-state index is -4.86. The lowest BCUT2D eigenvalue weighted by Crippen LogP contribution is -2.46. The monoisotopic (exact) mass is 345 g/mol. The molecule has 2 aromatic rings. The van der Waals surface area contributed by atoms with E-state index in [-0.39, 0.29) is 18.9 Å². The number of halogens is 4. The fourth-order valence-electron chi connectivity index (χ4n) is 2.39. The molecule has 0 radical (unpaired) electrons. The van der Waals surface area contributed by atoms with E-state index in [2.05, 4.69) is 10.3 Å². The van der Waals surface area contributed by atoms with Gasteiger partial charge < -0.3 is 15.0 Å². The number of aryl methyl sites for hydroxylation is 2. The minimum Gasteiger partial charge on any atom is -0.374 e. The molecule has 0 aliphatic heterocycles. The van der Waals surface area contributed by atoms with Gasteiger partial charge in [-0.25, -0.2) is 9.37 Å². The zero-order chi connectivity index (χ0) is 18.0. The van der Waals surface area contributed by atoms with Gasteiger partial charge in [-0.15, -0.1) is 0 Å². The van der Waals surface area contributed by atoms with E-state index in [1.54, 1.807) is 19.1 Å². The lowest BCUT2D eigenvalue weighted by atomic mass is 9.97. The van der Waals surface area contributed by atoms with Crippen molar-refractivity contribution in [1.29, 1.82) is 0 Å². The van der Waals surface area contributed by atoms with Crippen LogP contribution >= 0.6 is 0 Å². The zero-order valence-corrected chi connectivity index (χ0v) is 13.4. The highest BCUT2D eigenvalue weighted by Crippen LogP contribution is 2.40. The molecule has 2 rings (SSSR count). The van der Waals surface area contributed by atoms with Crippen molar-refractivity contribution in [1.82, 2.24) is 14.9 Å². The predicted molar refractivity (Wildman–Crippen MR) is 80.6 cm³/mol. The van der Waals surface area contributed by atoms with Gasteiger partial charge in [-0.05, 0) is 30.7 Å². The first-order valence-corrected chi connectivity index (χ1v) is 7.38. The van der Waals surface area contributed by atoms with Gasteiger partial charge in [0.15, 0.2) is 0 Å². The third-order valence-electron chi connectivity index (χ3n) is 3.89. The molecule has 0 amide bonds. The van der Waals surface area contributed by atoms with E-state index in [0.717, 1.165) is 4.57 Å². The molecule has 1 atom stereocenters. The molecule has 0 aliphatic rings. The number of aromatic nitrogens is 2. The van der Waals surface area contributed by atoms with E-state index in [0.29, 0.717) is 11.1 Å². The summed E-state index contributed by atoms with van der Waals surface area (Å²) in [4.78, 5) is 3.63. The van der Waals surface area contributed by atoms with Crippen LogP contribution in [0.5, 0.6) is 0 Å².